The van der Waals surface area contributed by atoms with Crippen molar-refractivity contribution in [2.75, 3.05) is 0 Å². The van der Waals surface area contributed by atoms with Crippen LogP contribution in [0.1, 0.15) is 22.3 Å². The van der Waals surface area contributed by atoms with E-state index in [4.69, 9.17) is 9.47 Å². The van der Waals surface area contributed by atoms with Gasteiger partial charge in [0, 0.05) is 38.7 Å². The molecule has 0 saturated heterocycles. The van der Waals surface area contributed by atoms with Crippen LogP contribution in [0.2, 0.25) is 0 Å². The van der Waals surface area contributed by atoms with Gasteiger partial charge in [-0.1, -0.05) is 133 Å². The summed E-state index contributed by atoms with van der Waals surface area (Å²) in [5.74, 6) is 3.39. The van der Waals surface area contributed by atoms with Gasteiger partial charge in [-0.2, -0.15) is 0 Å². The second-order valence-electron chi connectivity index (χ2n) is 13.6. The Morgan fingerprint density at radius 1 is 0.365 bits per heavy atom. The number of aromatic nitrogens is 1. The zero-order valence-electron chi connectivity index (χ0n) is 28.2. The average molecular weight is 666 g/mol. The third-order valence-corrected chi connectivity index (χ3v) is 10.9. The van der Waals surface area contributed by atoms with Crippen LogP contribution >= 0.6 is 0 Å². The van der Waals surface area contributed by atoms with Gasteiger partial charge >= 0.3 is 0 Å². The molecular formula is C49H31NO2. The number of hydrogen-bond donors (Lipinski definition) is 0. The van der Waals surface area contributed by atoms with E-state index in [1.54, 1.807) is 0 Å². The molecule has 2 aliphatic rings. The van der Waals surface area contributed by atoms with Crippen LogP contribution in [0.4, 0.5) is 0 Å². The van der Waals surface area contributed by atoms with Crippen molar-refractivity contribution in [1.29, 1.82) is 0 Å². The molecule has 1 unspecified atom stereocenters. The Morgan fingerprint density at radius 2 is 0.962 bits per heavy atom. The van der Waals surface area contributed by atoms with Gasteiger partial charge in [0.05, 0.1) is 16.4 Å². The molecule has 52 heavy (non-hydrogen) atoms. The highest BCUT2D eigenvalue weighted by Crippen LogP contribution is 2.63. The molecule has 1 atom stereocenters. The van der Waals surface area contributed by atoms with Crippen LogP contribution in [0.3, 0.4) is 0 Å². The van der Waals surface area contributed by atoms with Crippen molar-refractivity contribution in [3.05, 3.63) is 210 Å². The summed E-state index contributed by atoms with van der Waals surface area (Å²) in [6.45, 7) is 0. The van der Waals surface area contributed by atoms with Crippen molar-refractivity contribution in [2.45, 2.75) is 5.41 Å². The Hall–Kier alpha value is -6.84. The summed E-state index contributed by atoms with van der Waals surface area (Å²) < 4.78 is 16.1. The van der Waals surface area contributed by atoms with Crippen molar-refractivity contribution >= 4 is 21.8 Å². The van der Waals surface area contributed by atoms with E-state index < -0.39 is 5.41 Å². The van der Waals surface area contributed by atoms with Crippen molar-refractivity contribution in [3.8, 4) is 50.9 Å². The first kappa shape index (κ1) is 28.9. The molecule has 0 saturated carbocycles. The maximum Gasteiger partial charge on any atom is 0.132 e. The molecule has 3 heteroatoms. The zero-order chi connectivity index (χ0) is 34.2. The molecule has 1 aromatic heterocycles. The molecule has 1 spiro atoms. The minimum Gasteiger partial charge on any atom is -0.457 e. The van der Waals surface area contributed by atoms with Gasteiger partial charge in [0.25, 0.3) is 0 Å². The molecule has 8 aromatic carbocycles. The fourth-order valence-electron chi connectivity index (χ4n) is 8.77. The van der Waals surface area contributed by atoms with Gasteiger partial charge < -0.3 is 14.0 Å². The largest absolute Gasteiger partial charge is 0.457 e. The van der Waals surface area contributed by atoms with Crippen LogP contribution in [-0.2, 0) is 5.41 Å². The molecule has 9 aromatic rings. The van der Waals surface area contributed by atoms with Crippen LogP contribution in [0.25, 0.3) is 49.7 Å². The third kappa shape index (κ3) is 4.02. The van der Waals surface area contributed by atoms with Gasteiger partial charge in [0.15, 0.2) is 0 Å². The van der Waals surface area contributed by atoms with E-state index in [9.17, 15) is 0 Å². The van der Waals surface area contributed by atoms with E-state index in [-0.39, 0.29) is 0 Å². The predicted molar refractivity (Wildman–Crippen MR) is 210 cm³/mol. The van der Waals surface area contributed by atoms with Crippen LogP contribution in [-0.4, -0.2) is 4.57 Å². The quantitative estimate of drug-likeness (QED) is 0.187. The Kier molecular flexibility index (Phi) is 6.17. The molecular weight excluding hydrogens is 635 g/mol. The van der Waals surface area contributed by atoms with E-state index in [1.807, 2.05) is 0 Å². The van der Waals surface area contributed by atoms with E-state index in [2.05, 4.69) is 193 Å². The smallest absolute Gasteiger partial charge is 0.132 e. The first-order valence-corrected chi connectivity index (χ1v) is 17.8. The monoisotopic (exact) mass is 665 g/mol. The summed E-state index contributed by atoms with van der Waals surface area (Å²) in [6, 6.07) is 67.0. The molecule has 2 aliphatic heterocycles. The Morgan fingerprint density at radius 3 is 1.75 bits per heavy atom. The third-order valence-electron chi connectivity index (χ3n) is 10.9. The number of para-hydroxylation sites is 4. The summed E-state index contributed by atoms with van der Waals surface area (Å²) in [7, 11) is 0. The summed E-state index contributed by atoms with van der Waals surface area (Å²) in [6.07, 6.45) is 0. The van der Waals surface area contributed by atoms with Crippen molar-refractivity contribution in [2.24, 2.45) is 0 Å². The Labute approximate surface area is 301 Å². The van der Waals surface area contributed by atoms with Crippen molar-refractivity contribution in [3.63, 3.8) is 0 Å². The second kappa shape index (κ2) is 11.1. The van der Waals surface area contributed by atoms with Crippen molar-refractivity contribution < 1.29 is 9.47 Å². The SMILES string of the molecule is c1ccc(-c2ccc3c(c2)Oc2ccccc2C32c3ccccc3Oc3cccc(-c4ccc5c(c4)c4ccccc4n5-c4ccccc4)c32)cc1. The average Bonchev–Trinajstić information content (AvgIpc) is 3.54. The highest BCUT2D eigenvalue weighted by atomic mass is 16.5. The summed E-state index contributed by atoms with van der Waals surface area (Å²) in [5, 5.41) is 2.43. The molecule has 0 aliphatic carbocycles. The molecule has 0 radical (unpaired) electrons. The first-order chi connectivity index (χ1) is 25.8. The fraction of sp³-hybridized carbons (Fsp3) is 0.0204. The van der Waals surface area contributed by atoms with Crippen LogP contribution in [0, 0.1) is 0 Å². The lowest BCUT2D eigenvalue weighted by molar-refractivity contribution is 0.400. The summed E-state index contributed by atoms with van der Waals surface area (Å²) in [4.78, 5) is 0. The van der Waals surface area contributed by atoms with Crippen LogP contribution in [0.5, 0.6) is 23.0 Å². The van der Waals surface area contributed by atoms with Crippen molar-refractivity contribution in [1.82, 2.24) is 4.57 Å². The number of hydrogen-bond acceptors (Lipinski definition) is 2. The molecule has 244 valence electrons. The highest BCUT2D eigenvalue weighted by Gasteiger charge is 2.51. The fourth-order valence-corrected chi connectivity index (χ4v) is 8.77. The first-order valence-electron chi connectivity index (χ1n) is 17.8. The number of rotatable bonds is 3. The molecule has 11 rings (SSSR count). The van der Waals surface area contributed by atoms with E-state index in [0.717, 1.165) is 73.2 Å². The summed E-state index contributed by atoms with van der Waals surface area (Å²) >= 11 is 0. The topological polar surface area (TPSA) is 23.4 Å². The summed E-state index contributed by atoms with van der Waals surface area (Å²) in [5.41, 5.74) is 11.7. The Bertz CT molecular complexity index is 2840. The number of benzene rings is 8. The lowest BCUT2D eigenvalue weighted by atomic mass is 9.60. The van der Waals surface area contributed by atoms with Crippen LogP contribution < -0.4 is 9.47 Å². The zero-order valence-corrected chi connectivity index (χ0v) is 28.2. The number of ether oxygens (including phenoxy) is 2. The molecule has 0 bridgehead atoms. The lowest BCUT2D eigenvalue weighted by Gasteiger charge is -2.45. The van der Waals surface area contributed by atoms with Gasteiger partial charge in [-0.3, -0.25) is 0 Å². The van der Waals surface area contributed by atoms with Gasteiger partial charge in [0.2, 0.25) is 0 Å². The van der Waals surface area contributed by atoms with Gasteiger partial charge in [-0.05, 0) is 76.9 Å². The molecule has 3 nitrogen and oxygen atoms in total. The molecule has 3 heterocycles. The standard InChI is InChI=1S/C49H31NO2/c1-3-14-32(15-4-1)33-26-28-41-47(31-33)52-45-24-12-9-21-40(45)49(41)39-20-8-11-23-44(39)51-46-25-13-19-36(48(46)49)34-27-29-43-38(30-34)37-18-7-10-22-42(37)50(43)35-16-5-2-6-17-35/h1-31H. The molecule has 0 amide bonds. The predicted octanol–water partition coefficient (Wildman–Crippen LogP) is 12.7. The van der Waals surface area contributed by atoms with Crippen LogP contribution in [0.15, 0.2) is 188 Å². The minimum atomic E-state index is -0.715. The normalized spacial score (nSPS) is 15.3. The van der Waals surface area contributed by atoms with E-state index in [1.165, 1.54) is 21.8 Å². The lowest BCUT2D eigenvalue weighted by Crippen LogP contribution is -2.37. The maximum atomic E-state index is 6.86. The number of fused-ring (bicyclic) bond motifs is 11. The maximum absolute atomic E-state index is 6.86. The van der Waals surface area contributed by atoms with E-state index in [0.29, 0.717) is 0 Å². The molecule has 0 fully saturated rings. The van der Waals surface area contributed by atoms with E-state index >= 15 is 0 Å². The molecule has 0 N–H and O–H groups in total. The minimum absolute atomic E-state index is 0.715. The second-order valence-corrected chi connectivity index (χ2v) is 13.6. The van der Waals surface area contributed by atoms with Gasteiger partial charge in [-0.15, -0.1) is 0 Å². The Balaban J connectivity index is 1.22. The number of nitrogens with zero attached hydrogens (tertiary/aromatic N) is 1. The van der Waals surface area contributed by atoms with Gasteiger partial charge in [0.1, 0.15) is 23.0 Å². The highest BCUT2D eigenvalue weighted by molar-refractivity contribution is 6.10. The van der Waals surface area contributed by atoms with Gasteiger partial charge in [-0.25, -0.2) is 0 Å².